The molecule has 0 spiro atoms. The molecule has 0 saturated heterocycles. The second-order valence-electron chi connectivity index (χ2n) is 5.67. The lowest BCUT2D eigenvalue weighted by Crippen LogP contribution is -2.24. The van der Waals surface area contributed by atoms with Gasteiger partial charge in [-0.05, 0) is 13.0 Å². The maximum Gasteiger partial charge on any atom is 0.255 e. The molecule has 0 unspecified atom stereocenters. The van der Waals surface area contributed by atoms with Crippen molar-refractivity contribution < 1.29 is 4.79 Å². The molecule has 3 aromatic rings. The minimum absolute atomic E-state index is 0.0263. The molecule has 0 saturated carbocycles. The number of hydrogen-bond acceptors (Lipinski definition) is 5. The van der Waals surface area contributed by atoms with Gasteiger partial charge >= 0.3 is 0 Å². The minimum atomic E-state index is -0.288. The minimum Gasteiger partial charge on any atom is -0.346 e. The number of pyridine rings is 1. The van der Waals surface area contributed by atoms with E-state index >= 15 is 0 Å². The molecule has 3 rings (SSSR count). The van der Waals surface area contributed by atoms with Crippen LogP contribution in [0.2, 0.25) is 0 Å². The molecule has 8 nitrogen and oxygen atoms in total. The van der Waals surface area contributed by atoms with E-state index in [1.807, 2.05) is 6.92 Å². The van der Waals surface area contributed by atoms with Crippen molar-refractivity contribution in [3.8, 4) is 0 Å². The molecule has 2 heterocycles. The highest BCUT2D eigenvalue weighted by Crippen LogP contribution is 2.14. The van der Waals surface area contributed by atoms with Crippen molar-refractivity contribution >= 4 is 16.7 Å². The van der Waals surface area contributed by atoms with Crippen molar-refractivity contribution in [3.05, 3.63) is 58.3 Å². The number of fused-ring (bicyclic) bond motifs is 1. The van der Waals surface area contributed by atoms with E-state index in [4.69, 9.17) is 5.73 Å². The van der Waals surface area contributed by atoms with Crippen molar-refractivity contribution in [1.29, 1.82) is 0 Å². The van der Waals surface area contributed by atoms with Gasteiger partial charge in [0.05, 0.1) is 24.8 Å². The highest BCUT2D eigenvalue weighted by molar-refractivity contribution is 6.06. The Labute approximate surface area is 137 Å². The summed E-state index contributed by atoms with van der Waals surface area (Å²) in [5.41, 5.74) is 6.54. The van der Waals surface area contributed by atoms with Crippen molar-refractivity contribution in [2.45, 2.75) is 26.1 Å². The van der Waals surface area contributed by atoms with Gasteiger partial charge in [0.1, 0.15) is 5.69 Å². The van der Waals surface area contributed by atoms with Gasteiger partial charge in [0.2, 0.25) is 0 Å². The fourth-order valence-electron chi connectivity index (χ4n) is 2.47. The monoisotopic (exact) mass is 326 g/mol. The van der Waals surface area contributed by atoms with Crippen LogP contribution in [0.4, 0.5) is 0 Å². The van der Waals surface area contributed by atoms with E-state index < -0.39 is 0 Å². The van der Waals surface area contributed by atoms with Crippen molar-refractivity contribution in [3.63, 3.8) is 0 Å². The van der Waals surface area contributed by atoms with Gasteiger partial charge in [-0.2, -0.15) is 0 Å². The van der Waals surface area contributed by atoms with Gasteiger partial charge in [-0.1, -0.05) is 23.4 Å². The molecule has 0 fully saturated rings. The number of aromatic amines is 1. The maximum absolute atomic E-state index is 12.4. The standard InChI is InChI=1S/C16H18N6O2/c1-10(17)8-22-9-11(20-21-22)6-18-16(24)14-7-19-15(23)13-5-3-2-4-12(13)14/h2-5,7,9-10H,6,8,17H2,1H3,(H,18,24)(H,19,23)/t10-/m0/s1. The fraction of sp³-hybridized carbons (Fsp3) is 0.250. The predicted octanol–water partition coefficient (Wildman–Crippen LogP) is 0.397. The van der Waals surface area contributed by atoms with Crippen molar-refractivity contribution in [2.75, 3.05) is 0 Å². The largest absolute Gasteiger partial charge is 0.346 e. The number of rotatable bonds is 5. The average molecular weight is 326 g/mol. The zero-order valence-corrected chi connectivity index (χ0v) is 13.2. The lowest BCUT2D eigenvalue weighted by molar-refractivity contribution is 0.0951. The Bertz CT molecular complexity index is 927. The van der Waals surface area contributed by atoms with Crippen LogP contribution in [-0.2, 0) is 13.1 Å². The number of carbonyl (C=O) groups excluding carboxylic acids is 1. The van der Waals surface area contributed by atoms with E-state index in [1.54, 1.807) is 35.1 Å². The Morgan fingerprint density at radius 3 is 2.88 bits per heavy atom. The molecule has 24 heavy (non-hydrogen) atoms. The van der Waals surface area contributed by atoms with Crippen LogP contribution >= 0.6 is 0 Å². The van der Waals surface area contributed by atoms with E-state index in [-0.39, 0.29) is 24.1 Å². The molecule has 1 aromatic carbocycles. The Hall–Kier alpha value is -3.00. The van der Waals surface area contributed by atoms with Crippen LogP contribution in [0.15, 0.2) is 41.5 Å². The molecule has 4 N–H and O–H groups in total. The smallest absolute Gasteiger partial charge is 0.255 e. The fourth-order valence-corrected chi connectivity index (χ4v) is 2.47. The zero-order chi connectivity index (χ0) is 17.1. The van der Waals surface area contributed by atoms with E-state index in [1.165, 1.54) is 6.20 Å². The van der Waals surface area contributed by atoms with Gasteiger partial charge in [0, 0.05) is 23.0 Å². The third-order valence-corrected chi connectivity index (χ3v) is 3.55. The van der Waals surface area contributed by atoms with Gasteiger partial charge in [-0.15, -0.1) is 5.10 Å². The molecule has 0 bridgehead atoms. The number of nitrogens with one attached hydrogen (secondary N) is 2. The third kappa shape index (κ3) is 3.33. The number of benzene rings is 1. The molecule has 1 atom stereocenters. The number of carbonyl (C=O) groups is 1. The summed E-state index contributed by atoms with van der Waals surface area (Å²) >= 11 is 0. The summed E-state index contributed by atoms with van der Waals surface area (Å²) in [6, 6.07) is 6.96. The number of aromatic nitrogens is 4. The summed E-state index contributed by atoms with van der Waals surface area (Å²) < 4.78 is 1.64. The second-order valence-corrected chi connectivity index (χ2v) is 5.67. The molecule has 2 aromatic heterocycles. The van der Waals surface area contributed by atoms with Crippen LogP contribution in [-0.4, -0.2) is 31.9 Å². The molecule has 124 valence electrons. The van der Waals surface area contributed by atoms with Gasteiger partial charge in [-0.3, -0.25) is 14.3 Å². The summed E-state index contributed by atoms with van der Waals surface area (Å²) in [4.78, 5) is 26.8. The number of H-pyrrole nitrogens is 1. The van der Waals surface area contributed by atoms with Crippen LogP contribution in [0.1, 0.15) is 23.0 Å². The molecule has 8 heteroatoms. The topological polar surface area (TPSA) is 119 Å². The van der Waals surface area contributed by atoms with Gasteiger partial charge in [0.15, 0.2) is 0 Å². The van der Waals surface area contributed by atoms with E-state index in [0.29, 0.717) is 28.6 Å². The Kier molecular flexibility index (Phi) is 4.39. The highest BCUT2D eigenvalue weighted by atomic mass is 16.1. The quantitative estimate of drug-likeness (QED) is 0.627. The number of nitrogens with two attached hydrogens (primary N) is 1. The van der Waals surface area contributed by atoms with Gasteiger partial charge in [-0.25, -0.2) is 0 Å². The lowest BCUT2D eigenvalue weighted by atomic mass is 10.1. The first-order valence-corrected chi connectivity index (χ1v) is 7.58. The normalized spacial score (nSPS) is 12.2. The average Bonchev–Trinajstić information content (AvgIpc) is 3.00. The molecule has 0 aliphatic heterocycles. The van der Waals surface area contributed by atoms with Crippen LogP contribution in [0.3, 0.4) is 0 Å². The van der Waals surface area contributed by atoms with Crippen molar-refractivity contribution in [1.82, 2.24) is 25.3 Å². The summed E-state index contributed by atoms with van der Waals surface area (Å²) in [6.07, 6.45) is 3.17. The molecule has 0 aliphatic carbocycles. The summed E-state index contributed by atoms with van der Waals surface area (Å²) in [6.45, 7) is 2.68. The second kappa shape index (κ2) is 6.63. The van der Waals surface area contributed by atoms with E-state index in [0.717, 1.165) is 0 Å². The SMILES string of the molecule is C[C@H](N)Cn1cc(CNC(=O)c2c[nH]c(=O)c3ccccc23)nn1. The summed E-state index contributed by atoms with van der Waals surface area (Å²) in [5.74, 6) is -0.288. The number of amides is 1. The number of nitrogens with zero attached hydrogens (tertiary/aromatic N) is 3. The maximum atomic E-state index is 12.4. The van der Waals surface area contributed by atoms with Crippen LogP contribution < -0.4 is 16.6 Å². The third-order valence-electron chi connectivity index (χ3n) is 3.55. The molecule has 1 amide bonds. The number of hydrogen-bond donors (Lipinski definition) is 3. The zero-order valence-electron chi connectivity index (χ0n) is 13.2. The molecule has 0 aliphatic rings. The van der Waals surface area contributed by atoms with Crippen LogP contribution in [0, 0.1) is 0 Å². The Balaban J connectivity index is 1.75. The van der Waals surface area contributed by atoms with Crippen LogP contribution in [0.5, 0.6) is 0 Å². The first-order chi connectivity index (χ1) is 11.5. The summed E-state index contributed by atoms with van der Waals surface area (Å²) in [5, 5.41) is 11.8. The van der Waals surface area contributed by atoms with Gasteiger partial charge < -0.3 is 16.0 Å². The van der Waals surface area contributed by atoms with Crippen LogP contribution in [0.25, 0.3) is 10.8 Å². The lowest BCUT2D eigenvalue weighted by Gasteiger charge is -2.06. The Morgan fingerprint density at radius 1 is 1.38 bits per heavy atom. The first kappa shape index (κ1) is 15.9. The van der Waals surface area contributed by atoms with E-state index in [9.17, 15) is 9.59 Å². The van der Waals surface area contributed by atoms with E-state index in [2.05, 4.69) is 20.6 Å². The molecule has 0 radical (unpaired) electrons. The molecular formula is C16H18N6O2. The van der Waals surface area contributed by atoms with Gasteiger partial charge in [0.25, 0.3) is 11.5 Å². The summed E-state index contributed by atoms with van der Waals surface area (Å²) in [7, 11) is 0. The van der Waals surface area contributed by atoms with Crippen molar-refractivity contribution in [2.24, 2.45) is 5.73 Å². The highest BCUT2D eigenvalue weighted by Gasteiger charge is 2.12. The predicted molar refractivity (Wildman–Crippen MR) is 89.4 cm³/mol. The first-order valence-electron chi connectivity index (χ1n) is 7.58. The Morgan fingerprint density at radius 2 is 2.12 bits per heavy atom. The molecular weight excluding hydrogens is 308 g/mol.